The molecule has 1 heterocycles. The van der Waals surface area contributed by atoms with E-state index in [0.717, 1.165) is 12.0 Å². The minimum absolute atomic E-state index is 0.0104. The van der Waals surface area contributed by atoms with Gasteiger partial charge in [0.05, 0.1) is 7.11 Å². The predicted octanol–water partition coefficient (Wildman–Crippen LogP) is 4.10. The van der Waals surface area contributed by atoms with Crippen LogP contribution in [0.25, 0.3) is 0 Å². The molecule has 1 atom stereocenters. The standard InChI is InChI=1S/C23H28N2O4/c1-15(2)10-11-25-14-18-12-19(8-9-21(18)29-16(3)23(25)27)24-22(26)17-6-5-7-20(13-17)28-4/h5-9,12-13,15-16H,10-11,14H2,1-4H3,(H,24,26). The third-order valence-electron chi connectivity index (χ3n) is 4.95. The van der Waals surface area contributed by atoms with Crippen molar-refractivity contribution in [2.24, 2.45) is 5.92 Å². The summed E-state index contributed by atoms with van der Waals surface area (Å²) in [5, 5.41) is 2.91. The smallest absolute Gasteiger partial charge is 0.263 e. The van der Waals surface area contributed by atoms with E-state index in [1.54, 1.807) is 44.4 Å². The second-order valence-corrected chi connectivity index (χ2v) is 7.71. The molecule has 6 heteroatoms. The monoisotopic (exact) mass is 396 g/mol. The van der Waals surface area contributed by atoms with Crippen LogP contribution in [0.5, 0.6) is 11.5 Å². The molecule has 3 rings (SSSR count). The quantitative estimate of drug-likeness (QED) is 0.798. The van der Waals surface area contributed by atoms with Gasteiger partial charge in [-0.2, -0.15) is 0 Å². The fourth-order valence-electron chi connectivity index (χ4n) is 3.25. The lowest BCUT2D eigenvalue weighted by Gasteiger charge is -2.23. The molecule has 0 aromatic heterocycles. The molecular weight excluding hydrogens is 368 g/mol. The number of fused-ring (bicyclic) bond motifs is 1. The Kier molecular flexibility index (Phi) is 6.42. The Morgan fingerprint density at radius 2 is 2.07 bits per heavy atom. The summed E-state index contributed by atoms with van der Waals surface area (Å²) in [6.45, 7) is 7.21. The van der Waals surface area contributed by atoms with Gasteiger partial charge in [0.2, 0.25) is 0 Å². The average Bonchev–Trinajstić information content (AvgIpc) is 2.82. The van der Waals surface area contributed by atoms with E-state index in [1.807, 2.05) is 17.0 Å². The Bertz CT molecular complexity index is 894. The van der Waals surface area contributed by atoms with Crippen LogP contribution in [-0.2, 0) is 11.3 Å². The summed E-state index contributed by atoms with van der Waals surface area (Å²) < 4.78 is 11.0. The van der Waals surface area contributed by atoms with Gasteiger partial charge in [0.15, 0.2) is 6.10 Å². The Hall–Kier alpha value is -3.02. The van der Waals surface area contributed by atoms with Crippen LogP contribution >= 0.6 is 0 Å². The van der Waals surface area contributed by atoms with Gasteiger partial charge < -0.3 is 19.7 Å². The van der Waals surface area contributed by atoms with Crippen LogP contribution in [0.2, 0.25) is 0 Å². The van der Waals surface area contributed by atoms with Crippen LogP contribution in [-0.4, -0.2) is 36.5 Å². The molecule has 1 N–H and O–H groups in total. The zero-order valence-electron chi connectivity index (χ0n) is 17.4. The summed E-state index contributed by atoms with van der Waals surface area (Å²) >= 11 is 0. The largest absolute Gasteiger partial charge is 0.497 e. The van der Waals surface area contributed by atoms with Crippen LogP contribution in [0, 0.1) is 5.92 Å². The fraction of sp³-hybridized carbons (Fsp3) is 0.391. The molecule has 6 nitrogen and oxygen atoms in total. The lowest BCUT2D eigenvalue weighted by Crippen LogP contribution is -2.38. The second-order valence-electron chi connectivity index (χ2n) is 7.71. The van der Waals surface area contributed by atoms with Crippen molar-refractivity contribution in [1.29, 1.82) is 0 Å². The van der Waals surface area contributed by atoms with Crippen molar-refractivity contribution in [3.63, 3.8) is 0 Å². The van der Waals surface area contributed by atoms with Gasteiger partial charge in [0.1, 0.15) is 11.5 Å². The van der Waals surface area contributed by atoms with Gasteiger partial charge in [-0.3, -0.25) is 9.59 Å². The summed E-state index contributed by atoms with van der Waals surface area (Å²) in [5.41, 5.74) is 2.05. The number of hydrogen-bond donors (Lipinski definition) is 1. The zero-order valence-corrected chi connectivity index (χ0v) is 17.4. The van der Waals surface area contributed by atoms with Crippen LogP contribution in [0.15, 0.2) is 42.5 Å². The highest BCUT2D eigenvalue weighted by Crippen LogP contribution is 2.29. The number of amides is 2. The molecule has 0 spiro atoms. The van der Waals surface area contributed by atoms with E-state index in [9.17, 15) is 9.59 Å². The Morgan fingerprint density at radius 3 is 2.79 bits per heavy atom. The normalized spacial score (nSPS) is 16.1. The molecule has 1 aliphatic heterocycles. The van der Waals surface area contributed by atoms with E-state index in [4.69, 9.17) is 9.47 Å². The van der Waals surface area contributed by atoms with Crippen LogP contribution < -0.4 is 14.8 Å². The molecular formula is C23H28N2O4. The van der Waals surface area contributed by atoms with Crippen molar-refractivity contribution in [3.8, 4) is 11.5 Å². The van der Waals surface area contributed by atoms with Gasteiger partial charge in [-0.05, 0) is 55.7 Å². The predicted molar refractivity (Wildman–Crippen MR) is 112 cm³/mol. The molecule has 0 fully saturated rings. The lowest BCUT2D eigenvalue weighted by atomic mass is 10.1. The summed E-state index contributed by atoms with van der Waals surface area (Å²) in [5.74, 6) is 1.58. The average molecular weight is 396 g/mol. The number of rotatable bonds is 6. The minimum Gasteiger partial charge on any atom is -0.497 e. The summed E-state index contributed by atoms with van der Waals surface area (Å²) in [7, 11) is 1.57. The van der Waals surface area contributed by atoms with E-state index < -0.39 is 6.10 Å². The molecule has 0 aliphatic carbocycles. The highest BCUT2D eigenvalue weighted by molar-refractivity contribution is 6.04. The Morgan fingerprint density at radius 1 is 1.28 bits per heavy atom. The lowest BCUT2D eigenvalue weighted by molar-refractivity contribution is -0.137. The van der Waals surface area contributed by atoms with Gasteiger partial charge in [-0.15, -0.1) is 0 Å². The highest BCUT2D eigenvalue weighted by atomic mass is 16.5. The number of methoxy groups -OCH3 is 1. The Labute approximate surface area is 171 Å². The summed E-state index contributed by atoms with van der Waals surface area (Å²) in [4.78, 5) is 27.1. The van der Waals surface area contributed by atoms with Gasteiger partial charge in [0.25, 0.3) is 11.8 Å². The molecule has 1 unspecified atom stereocenters. The second kappa shape index (κ2) is 8.99. The number of ether oxygens (including phenoxy) is 2. The van der Waals surface area contributed by atoms with Crippen molar-refractivity contribution in [3.05, 3.63) is 53.6 Å². The maximum absolute atomic E-state index is 12.7. The molecule has 0 saturated carbocycles. The highest BCUT2D eigenvalue weighted by Gasteiger charge is 2.28. The first kappa shape index (κ1) is 20.7. The number of nitrogens with zero attached hydrogens (tertiary/aromatic N) is 1. The molecule has 2 amide bonds. The molecule has 154 valence electrons. The van der Waals surface area contributed by atoms with Crippen molar-refractivity contribution >= 4 is 17.5 Å². The van der Waals surface area contributed by atoms with E-state index in [2.05, 4.69) is 19.2 Å². The summed E-state index contributed by atoms with van der Waals surface area (Å²) in [6, 6.07) is 12.5. The van der Waals surface area contributed by atoms with Crippen molar-refractivity contribution < 1.29 is 19.1 Å². The fourth-order valence-corrected chi connectivity index (χ4v) is 3.25. The van der Waals surface area contributed by atoms with E-state index >= 15 is 0 Å². The number of nitrogens with one attached hydrogen (secondary N) is 1. The van der Waals surface area contributed by atoms with Crippen LogP contribution in [0.4, 0.5) is 5.69 Å². The van der Waals surface area contributed by atoms with Gasteiger partial charge >= 0.3 is 0 Å². The SMILES string of the molecule is COc1cccc(C(=O)Nc2ccc3c(c2)CN(CCC(C)C)C(=O)C(C)O3)c1. The van der Waals surface area contributed by atoms with Gasteiger partial charge in [-0.1, -0.05) is 19.9 Å². The van der Waals surface area contributed by atoms with Crippen molar-refractivity contribution in [2.45, 2.75) is 39.8 Å². The first-order chi connectivity index (χ1) is 13.9. The number of benzene rings is 2. The van der Waals surface area contributed by atoms with Crippen LogP contribution in [0.1, 0.15) is 43.1 Å². The van der Waals surface area contributed by atoms with Gasteiger partial charge in [0, 0.05) is 29.9 Å². The number of anilines is 1. The van der Waals surface area contributed by atoms with E-state index in [0.29, 0.717) is 41.8 Å². The number of carbonyl (C=O) groups excluding carboxylic acids is 2. The first-order valence-electron chi connectivity index (χ1n) is 9.91. The number of carbonyl (C=O) groups is 2. The molecule has 0 bridgehead atoms. The Balaban J connectivity index is 1.79. The summed E-state index contributed by atoms with van der Waals surface area (Å²) in [6.07, 6.45) is 0.403. The molecule has 2 aromatic rings. The maximum atomic E-state index is 12.7. The van der Waals surface area contributed by atoms with Crippen molar-refractivity contribution in [2.75, 3.05) is 19.0 Å². The van der Waals surface area contributed by atoms with E-state index in [-0.39, 0.29) is 11.8 Å². The van der Waals surface area contributed by atoms with Gasteiger partial charge in [-0.25, -0.2) is 0 Å². The first-order valence-corrected chi connectivity index (χ1v) is 9.91. The molecule has 0 saturated heterocycles. The third kappa shape index (κ3) is 5.08. The minimum atomic E-state index is -0.527. The van der Waals surface area contributed by atoms with Crippen molar-refractivity contribution in [1.82, 2.24) is 4.90 Å². The molecule has 29 heavy (non-hydrogen) atoms. The maximum Gasteiger partial charge on any atom is 0.263 e. The zero-order chi connectivity index (χ0) is 21.0. The van der Waals surface area contributed by atoms with E-state index in [1.165, 1.54) is 0 Å². The number of hydrogen-bond acceptors (Lipinski definition) is 4. The molecule has 2 aromatic carbocycles. The molecule has 1 aliphatic rings. The molecule has 0 radical (unpaired) electrons. The third-order valence-corrected chi connectivity index (χ3v) is 4.95. The topological polar surface area (TPSA) is 67.9 Å². The van der Waals surface area contributed by atoms with Crippen LogP contribution in [0.3, 0.4) is 0 Å².